The Kier molecular flexibility index (Phi) is 2.92. The van der Waals surface area contributed by atoms with Gasteiger partial charge in [-0.3, -0.25) is 9.69 Å². The third-order valence-corrected chi connectivity index (χ3v) is 3.48. The molecular formula is C17H15NO. The summed E-state index contributed by atoms with van der Waals surface area (Å²) in [5.74, 6) is 0.0996. The summed E-state index contributed by atoms with van der Waals surface area (Å²) in [6, 6.07) is 20.0. The molecule has 1 saturated heterocycles. The van der Waals surface area contributed by atoms with Crippen LogP contribution in [0.15, 0.2) is 72.3 Å². The van der Waals surface area contributed by atoms with Crippen LogP contribution in [-0.4, -0.2) is 5.91 Å². The predicted molar refractivity (Wildman–Crippen MR) is 76.9 cm³/mol. The highest BCUT2D eigenvalue weighted by atomic mass is 16.2. The summed E-state index contributed by atoms with van der Waals surface area (Å²) in [7, 11) is 0. The van der Waals surface area contributed by atoms with E-state index in [1.807, 2.05) is 66.4 Å². The highest BCUT2D eigenvalue weighted by Crippen LogP contribution is 2.42. The van der Waals surface area contributed by atoms with Crippen LogP contribution in [0.25, 0.3) is 0 Å². The van der Waals surface area contributed by atoms with Gasteiger partial charge in [-0.1, -0.05) is 54.6 Å². The van der Waals surface area contributed by atoms with E-state index in [4.69, 9.17) is 0 Å². The minimum absolute atomic E-state index is 0.0427. The van der Waals surface area contributed by atoms with Crippen LogP contribution in [0.5, 0.6) is 0 Å². The molecule has 1 aliphatic rings. The van der Waals surface area contributed by atoms with Crippen molar-refractivity contribution in [1.29, 1.82) is 0 Å². The van der Waals surface area contributed by atoms with Crippen LogP contribution >= 0.6 is 0 Å². The molecule has 2 nitrogen and oxygen atoms in total. The molecule has 2 aromatic rings. The number of nitrogens with zero attached hydrogens (tertiary/aromatic N) is 1. The van der Waals surface area contributed by atoms with Crippen molar-refractivity contribution < 1.29 is 4.79 Å². The third kappa shape index (κ3) is 1.85. The Labute approximate surface area is 113 Å². The molecule has 0 spiro atoms. The Balaban J connectivity index is 2.03. The molecule has 0 aliphatic carbocycles. The summed E-state index contributed by atoms with van der Waals surface area (Å²) in [6.45, 7) is 1.92. The van der Waals surface area contributed by atoms with Crippen molar-refractivity contribution in [2.75, 3.05) is 4.90 Å². The highest BCUT2D eigenvalue weighted by molar-refractivity contribution is 6.15. The second-order valence-electron chi connectivity index (χ2n) is 4.57. The predicted octanol–water partition coefficient (Wildman–Crippen LogP) is 3.72. The zero-order valence-electron chi connectivity index (χ0n) is 10.8. The van der Waals surface area contributed by atoms with Crippen LogP contribution in [0.4, 0.5) is 5.69 Å². The van der Waals surface area contributed by atoms with E-state index in [9.17, 15) is 4.79 Å². The molecule has 0 saturated carbocycles. The van der Waals surface area contributed by atoms with E-state index in [-0.39, 0.29) is 11.9 Å². The number of hydrogen-bond acceptors (Lipinski definition) is 1. The summed E-state index contributed by atoms with van der Waals surface area (Å²) in [5.41, 5.74) is 2.97. The van der Waals surface area contributed by atoms with Crippen molar-refractivity contribution in [3.05, 3.63) is 77.9 Å². The molecule has 1 unspecified atom stereocenters. The van der Waals surface area contributed by atoms with Gasteiger partial charge in [-0.05, 0) is 24.6 Å². The lowest BCUT2D eigenvalue weighted by molar-refractivity contribution is -0.119. The van der Waals surface area contributed by atoms with Gasteiger partial charge in [0.05, 0.1) is 6.04 Å². The van der Waals surface area contributed by atoms with Crippen LogP contribution in [0, 0.1) is 0 Å². The normalized spacial score (nSPS) is 20.5. The van der Waals surface area contributed by atoms with E-state index in [0.717, 1.165) is 16.8 Å². The molecule has 2 aromatic carbocycles. The summed E-state index contributed by atoms with van der Waals surface area (Å²) in [5, 5.41) is 0. The third-order valence-electron chi connectivity index (χ3n) is 3.48. The zero-order chi connectivity index (χ0) is 13.2. The number of rotatable bonds is 2. The Hall–Kier alpha value is -2.35. The molecule has 2 heteroatoms. The Morgan fingerprint density at radius 3 is 2.11 bits per heavy atom. The summed E-state index contributed by atoms with van der Waals surface area (Å²) in [6.07, 6.45) is 1.92. The molecular weight excluding hydrogens is 234 g/mol. The number of carbonyl (C=O) groups excluding carboxylic acids is 1. The van der Waals surface area contributed by atoms with Gasteiger partial charge >= 0.3 is 0 Å². The molecule has 19 heavy (non-hydrogen) atoms. The molecule has 1 atom stereocenters. The fourth-order valence-electron chi connectivity index (χ4n) is 2.55. The molecule has 0 bridgehead atoms. The van der Waals surface area contributed by atoms with E-state index in [0.29, 0.717) is 0 Å². The number of amides is 1. The van der Waals surface area contributed by atoms with Gasteiger partial charge in [0.25, 0.3) is 5.91 Å². The molecule has 1 fully saturated rings. The molecule has 0 aromatic heterocycles. The minimum Gasteiger partial charge on any atom is -0.297 e. The SMILES string of the molecule is C/C=C1\C(=O)N(c2ccccc2)C1c1ccccc1. The fourth-order valence-corrected chi connectivity index (χ4v) is 2.55. The molecule has 1 amide bonds. The van der Waals surface area contributed by atoms with Gasteiger partial charge in [0, 0.05) is 11.3 Å². The second kappa shape index (κ2) is 4.73. The monoisotopic (exact) mass is 249 g/mol. The average molecular weight is 249 g/mol. The number of allylic oxidation sites excluding steroid dienone is 1. The summed E-state index contributed by atoms with van der Waals surface area (Å²) < 4.78 is 0. The number of anilines is 1. The maximum atomic E-state index is 12.2. The first-order valence-corrected chi connectivity index (χ1v) is 6.42. The molecule has 0 radical (unpaired) electrons. The lowest BCUT2D eigenvalue weighted by Crippen LogP contribution is -2.49. The van der Waals surface area contributed by atoms with Crippen LogP contribution in [0.2, 0.25) is 0 Å². The van der Waals surface area contributed by atoms with Gasteiger partial charge in [0.2, 0.25) is 0 Å². The Morgan fingerprint density at radius 2 is 1.53 bits per heavy atom. The topological polar surface area (TPSA) is 20.3 Å². The van der Waals surface area contributed by atoms with Crippen LogP contribution in [-0.2, 0) is 4.79 Å². The molecule has 1 heterocycles. The van der Waals surface area contributed by atoms with Crippen LogP contribution in [0.1, 0.15) is 18.5 Å². The lowest BCUT2D eigenvalue weighted by Gasteiger charge is -2.43. The van der Waals surface area contributed by atoms with Crippen molar-refractivity contribution in [3.8, 4) is 0 Å². The second-order valence-corrected chi connectivity index (χ2v) is 4.57. The average Bonchev–Trinajstić information content (AvgIpc) is 2.47. The van der Waals surface area contributed by atoms with Crippen molar-refractivity contribution in [2.45, 2.75) is 13.0 Å². The molecule has 1 aliphatic heterocycles. The van der Waals surface area contributed by atoms with E-state index in [1.54, 1.807) is 0 Å². The Morgan fingerprint density at radius 1 is 0.947 bits per heavy atom. The molecule has 0 N–H and O–H groups in total. The van der Waals surface area contributed by atoms with E-state index < -0.39 is 0 Å². The van der Waals surface area contributed by atoms with Crippen molar-refractivity contribution >= 4 is 11.6 Å². The van der Waals surface area contributed by atoms with Crippen molar-refractivity contribution in [2.24, 2.45) is 0 Å². The number of carbonyl (C=O) groups is 1. The maximum absolute atomic E-state index is 12.2. The van der Waals surface area contributed by atoms with Crippen LogP contribution in [0.3, 0.4) is 0 Å². The fraction of sp³-hybridized carbons (Fsp3) is 0.118. The summed E-state index contributed by atoms with van der Waals surface area (Å²) in [4.78, 5) is 14.1. The van der Waals surface area contributed by atoms with E-state index in [2.05, 4.69) is 12.1 Å². The molecule has 3 rings (SSSR count). The quantitative estimate of drug-likeness (QED) is 0.586. The van der Waals surface area contributed by atoms with E-state index in [1.165, 1.54) is 0 Å². The minimum atomic E-state index is 0.0427. The number of para-hydroxylation sites is 1. The van der Waals surface area contributed by atoms with Gasteiger partial charge in [0.15, 0.2) is 0 Å². The number of β-lactam (4-membered cyclic amide) rings is 1. The smallest absolute Gasteiger partial charge is 0.257 e. The van der Waals surface area contributed by atoms with Gasteiger partial charge < -0.3 is 0 Å². The first-order valence-electron chi connectivity index (χ1n) is 6.42. The maximum Gasteiger partial charge on any atom is 0.257 e. The number of benzene rings is 2. The Bertz CT molecular complexity index is 616. The lowest BCUT2D eigenvalue weighted by atomic mass is 9.87. The molecule has 94 valence electrons. The highest BCUT2D eigenvalue weighted by Gasteiger charge is 2.43. The van der Waals surface area contributed by atoms with Gasteiger partial charge in [-0.25, -0.2) is 0 Å². The van der Waals surface area contributed by atoms with E-state index >= 15 is 0 Å². The number of hydrogen-bond donors (Lipinski definition) is 0. The zero-order valence-corrected chi connectivity index (χ0v) is 10.8. The van der Waals surface area contributed by atoms with Crippen LogP contribution < -0.4 is 4.90 Å². The summed E-state index contributed by atoms with van der Waals surface area (Å²) >= 11 is 0. The standard InChI is InChI=1S/C17H15NO/c1-2-15-16(13-9-5-3-6-10-13)18(17(15)19)14-11-7-4-8-12-14/h2-12,16H,1H3/b15-2-. The first-order chi connectivity index (χ1) is 9.33. The van der Waals surface area contributed by atoms with Gasteiger partial charge in [0.1, 0.15) is 0 Å². The van der Waals surface area contributed by atoms with Crippen molar-refractivity contribution in [1.82, 2.24) is 0 Å². The van der Waals surface area contributed by atoms with Gasteiger partial charge in [-0.2, -0.15) is 0 Å². The largest absolute Gasteiger partial charge is 0.297 e. The van der Waals surface area contributed by atoms with Gasteiger partial charge in [-0.15, -0.1) is 0 Å². The first kappa shape index (κ1) is 11.7. The van der Waals surface area contributed by atoms with Crippen molar-refractivity contribution in [3.63, 3.8) is 0 Å².